The van der Waals surface area contributed by atoms with Crippen LogP contribution in [0.15, 0.2) is 23.2 Å². The third-order valence-electron chi connectivity index (χ3n) is 4.04. The summed E-state index contributed by atoms with van der Waals surface area (Å²) in [6.45, 7) is 4.34. The number of anilines is 1. The molecule has 0 bridgehead atoms. The molecule has 1 aliphatic carbocycles. The summed E-state index contributed by atoms with van der Waals surface area (Å²) in [6, 6.07) is 3.24. The summed E-state index contributed by atoms with van der Waals surface area (Å²) in [5.74, 6) is 1.43. The minimum Gasteiger partial charge on any atom is -0.372 e. The van der Waals surface area contributed by atoms with E-state index in [0.717, 1.165) is 19.3 Å². The summed E-state index contributed by atoms with van der Waals surface area (Å²) < 4.78 is 27.9. The van der Waals surface area contributed by atoms with Gasteiger partial charge in [-0.15, -0.1) is 0 Å². The van der Waals surface area contributed by atoms with E-state index in [1.165, 1.54) is 0 Å². The number of pyridine rings is 1. The van der Waals surface area contributed by atoms with E-state index in [1.54, 1.807) is 25.4 Å². The Hall–Kier alpha value is -1.14. The molecule has 0 saturated heterocycles. The highest BCUT2D eigenvalue weighted by atomic mass is 32.2. The van der Waals surface area contributed by atoms with Crippen molar-refractivity contribution in [1.82, 2.24) is 9.71 Å². The van der Waals surface area contributed by atoms with Gasteiger partial charge in [0.1, 0.15) is 10.7 Å². The van der Waals surface area contributed by atoms with Crippen LogP contribution in [0, 0.1) is 11.8 Å². The molecule has 2 rings (SSSR count). The average molecular weight is 297 g/mol. The van der Waals surface area contributed by atoms with Crippen molar-refractivity contribution in [2.75, 3.05) is 12.4 Å². The SMILES string of the molecule is CNc1ncccc1S(=O)(=O)NC1CCC(C)CC1C. The molecule has 0 aromatic carbocycles. The Morgan fingerprint density at radius 2 is 2.05 bits per heavy atom. The molecule has 3 unspecified atom stereocenters. The molecular weight excluding hydrogens is 274 g/mol. The number of hydrogen-bond donors (Lipinski definition) is 2. The van der Waals surface area contributed by atoms with Crippen LogP contribution in [0.5, 0.6) is 0 Å². The fraction of sp³-hybridized carbons (Fsp3) is 0.643. The maximum atomic E-state index is 12.5. The van der Waals surface area contributed by atoms with Crippen LogP contribution in [0.25, 0.3) is 0 Å². The van der Waals surface area contributed by atoms with Crippen molar-refractivity contribution in [3.8, 4) is 0 Å². The van der Waals surface area contributed by atoms with Crippen LogP contribution in [-0.4, -0.2) is 26.5 Å². The molecule has 3 atom stereocenters. The van der Waals surface area contributed by atoms with Crippen molar-refractivity contribution in [3.05, 3.63) is 18.3 Å². The van der Waals surface area contributed by atoms with Crippen molar-refractivity contribution in [1.29, 1.82) is 0 Å². The lowest BCUT2D eigenvalue weighted by Crippen LogP contribution is -2.42. The average Bonchev–Trinajstić information content (AvgIpc) is 2.42. The first-order valence-electron chi connectivity index (χ1n) is 7.09. The predicted molar refractivity (Wildman–Crippen MR) is 80.1 cm³/mol. The molecule has 1 aromatic rings. The molecule has 0 amide bonds. The molecule has 1 aromatic heterocycles. The minimum atomic E-state index is -3.53. The fourth-order valence-electron chi connectivity index (χ4n) is 2.90. The second kappa shape index (κ2) is 6.10. The maximum absolute atomic E-state index is 12.5. The Kier molecular flexibility index (Phi) is 4.65. The maximum Gasteiger partial charge on any atom is 0.244 e. The second-order valence-corrected chi connectivity index (χ2v) is 7.41. The number of nitrogens with zero attached hydrogens (tertiary/aromatic N) is 1. The molecule has 0 radical (unpaired) electrons. The van der Waals surface area contributed by atoms with Gasteiger partial charge in [0.25, 0.3) is 0 Å². The van der Waals surface area contributed by atoms with Crippen LogP contribution < -0.4 is 10.0 Å². The summed E-state index contributed by atoms with van der Waals surface area (Å²) in [5.41, 5.74) is 0. The zero-order valence-electron chi connectivity index (χ0n) is 12.3. The van der Waals surface area contributed by atoms with Crippen LogP contribution in [0.4, 0.5) is 5.82 Å². The van der Waals surface area contributed by atoms with Gasteiger partial charge in [0.05, 0.1) is 0 Å². The Bertz CT molecular complexity index is 559. The molecular formula is C14H23N3O2S. The molecule has 112 valence electrons. The lowest BCUT2D eigenvalue weighted by atomic mass is 9.80. The highest BCUT2D eigenvalue weighted by Gasteiger charge is 2.30. The summed E-state index contributed by atoms with van der Waals surface area (Å²) in [5, 5.41) is 2.83. The smallest absolute Gasteiger partial charge is 0.244 e. The van der Waals surface area contributed by atoms with Crippen molar-refractivity contribution in [3.63, 3.8) is 0 Å². The van der Waals surface area contributed by atoms with Gasteiger partial charge < -0.3 is 5.32 Å². The first-order valence-corrected chi connectivity index (χ1v) is 8.57. The Labute approximate surface area is 121 Å². The Morgan fingerprint density at radius 1 is 1.30 bits per heavy atom. The van der Waals surface area contributed by atoms with Gasteiger partial charge in [-0.2, -0.15) is 0 Å². The van der Waals surface area contributed by atoms with E-state index in [0.29, 0.717) is 17.7 Å². The first-order chi connectivity index (χ1) is 9.44. The van der Waals surface area contributed by atoms with Gasteiger partial charge in [-0.1, -0.05) is 13.8 Å². The number of rotatable bonds is 4. The van der Waals surface area contributed by atoms with Crippen molar-refractivity contribution < 1.29 is 8.42 Å². The molecule has 1 fully saturated rings. The Morgan fingerprint density at radius 3 is 2.70 bits per heavy atom. The molecule has 0 spiro atoms. The molecule has 2 N–H and O–H groups in total. The van der Waals surface area contributed by atoms with E-state index in [1.807, 2.05) is 0 Å². The zero-order chi connectivity index (χ0) is 14.8. The van der Waals surface area contributed by atoms with Gasteiger partial charge in [-0.3, -0.25) is 0 Å². The number of hydrogen-bond acceptors (Lipinski definition) is 4. The topological polar surface area (TPSA) is 71.1 Å². The van der Waals surface area contributed by atoms with Crippen LogP contribution in [0.1, 0.15) is 33.1 Å². The van der Waals surface area contributed by atoms with Gasteiger partial charge in [0.2, 0.25) is 10.0 Å². The summed E-state index contributed by atoms with van der Waals surface area (Å²) >= 11 is 0. The summed E-state index contributed by atoms with van der Waals surface area (Å²) in [4.78, 5) is 4.27. The lowest BCUT2D eigenvalue weighted by Gasteiger charge is -2.32. The summed E-state index contributed by atoms with van der Waals surface area (Å²) in [7, 11) is -1.86. The monoisotopic (exact) mass is 297 g/mol. The number of nitrogens with one attached hydrogen (secondary N) is 2. The van der Waals surface area contributed by atoms with Crippen LogP contribution in [0.3, 0.4) is 0 Å². The quantitative estimate of drug-likeness (QED) is 0.894. The highest BCUT2D eigenvalue weighted by Crippen LogP contribution is 2.30. The van der Waals surface area contributed by atoms with Gasteiger partial charge in [-0.05, 0) is 43.2 Å². The number of aromatic nitrogens is 1. The molecule has 20 heavy (non-hydrogen) atoms. The first kappa shape index (κ1) is 15.3. The van der Waals surface area contributed by atoms with E-state index >= 15 is 0 Å². The molecule has 1 aliphatic rings. The predicted octanol–water partition coefficient (Wildman–Crippen LogP) is 2.23. The Balaban J connectivity index is 2.19. The van der Waals surface area contributed by atoms with E-state index in [2.05, 4.69) is 28.9 Å². The van der Waals surface area contributed by atoms with E-state index in [-0.39, 0.29) is 10.9 Å². The second-order valence-electron chi connectivity index (χ2n) is 5.72. The number of sulfonamides is 1. The van der Waals surface area contributed by atoms with E-state index < -0.39 is 10.0 Å². The van der Waals surface area contributed by atoms with Gasteiger partial charge in [-0.25, -0.2) is 18.1 Å². The van der Waals surface area contributed by atoms with Gasteiger partial charge >= 0.3 is 0 Å². The van der Waals surface area contributed by atoms with Crippen molar-refractivity contribution in [2.24, 2.45) is 11.8 Å². The lowest BCUT2D eigenvalue weighted by molar-refractivity contribution is 0.249. The largest absolute Gasteiger partial charge is 0.372 e. The fourth-order valence-corrected chi connectivity index (χ4v) is 4.44. The third kappa shape index (κ3) is 3.30. The van der Waals surface area contributed by atoms with Crippen molar-refractivity contribution in [2.45, 2.75) is 44.0 Å². The molecule has 6 heteroatoms. The third-order valence-corrected chi connectivity index (χ3v) is 5.56. The van der Waals surface area contributed by atoms with Crippen LogP contribution in [-0.2, 0) is 10.0 Å². The molecule has 5 nitrogen and oxygen atoms in total. The van der Waals surface area contributed by atoms with Crippen LogP contribution >= 0.6 is 0 Å². The molecule has 0 aliphatic heterocycles. The highest BCUT2D eigenvalue weighted by molar-refractivity contribution is 7.89. The molecule has 1 saturated carbocycles. The zero-order valence-corrected chi connectivity index (χ0v) is 13.1. The minimum absolute atomic E-state index is 0.0149. The summed E-state index contributed by atoms with van der Waals surface area (Å²) in [6.07, 6.45) is 4.62. The van der Waals surface area contributed by atoms with Gasteiger partial charge in [0.15, 0.2) is 0 Å². The normalized spacial score (nSPS) is 27.2. The van der Waals surface area contributed by atoms with Crippen LogP contribution in [0.2, 0.25) is 0 Å². The van der Waals surface area contributed by atoms with E-state index in [9.17, 15) is 8.42 Å². The van der Waals surface area contributed by atoms with E-state index in [4.69, 9.17) is 0 Å². The standard InChI is InChI=1S/C14H23N3O2S/c1-10-6-7-12(11(2)9-10)17-20(18,19)13-5-4-8-16-14(13)15-3/h4-5,8,10-12,17H,6-7,9H2,1-3H3,(H,15,16). The van der Waals surface area contributed by atoms with Gasteiger partial charge in [0, 0.05) is 19.3 Å². The van der Waals surface area contributed by atoms with Crippen molar-refractivity contribution >= 4 is 15.8 Å². The molecule has 1 heterocycles.